The number of rotatable bonds is 6. The van der Waals surface area contributed by atoms with E-state index in [1.807, 2.05) is 24.3 Å². The van der Waals surface area contributed by atoms with Gasteiger partial charge in [-0.15, -0.1) is 0 Å². The number of nitro groups is 1. The highest BCUT2D eigenvalue weighted by Crippen LogP contribution is 2.38. The molecule has 0 bridgehead atoms. The van der Waals surface area contributed by atoms with Gasteiger partial charge in [-0.3, -0.25) is 19.1 Å². The number of nitro benzene ring substituents is 1. The maximum absolute atomic E-state index is 12.9. The summed E-state index contributed by atoms with van der Waals surface area (Å²) in [6, 6.07) is 23.4. The van der Waals surface area contributed by atoms with Crippen molar-refractivity contribution in [2.45, 2.75) is 4.90 Å². The average molecular weight is 577 g/mol. The minimum Gasteiger partial charge on any atom is -0.287 e. The van der Waals surface area contributed by atoms with E-state index in [0.29, 0.717) is 22.4 Å². The van der Waals surface area contributed by atoms with Crippen molar-refractivity contribution in [3.63, 3.8) is 0 Å². The Hall–Kier alpha value is -2.83. The van der Waals surface area contributed by atoms with Crippen LogP contribution >= 0.6 is 35.4 Å². The number of hydrogen-bond acceptors (Lipinski definition) is 6. The summed E-state index contributed by atoms with van der Waals surface area (Å²) in [5.74, 6) is 0. The fraction of sp³-hybridized carbons (Fsp3) is 0. The van der Waals surface area contributed by atoms with Crippen LogP contribution in [0.4, 0.5) is 22.7 Å². The molecule has 4 aromatic rings. The summed E-state index contributed by atoms with van der Waals surface area (Å²) in [7, 11) is -3.77. The van der Waals surface area contributed by atoms with Gasteiger partial charge in [-0.05, 0) is 71.1 Å². The molecule has 162 valence electrons. The van der Waals surface area contributed by atoms with Crippen LogP contribution in [0.25, 0.3) is 10.8 Å². The van der Waals surface area contributed by atoms with Crippen molar-refractivity contribution in [2.24, 2.45) is 0 Å². The molecule has 0 heterocycles. The molecule has 0 aromatic heterocycles. The first-order valence-corrected chi connectivity index (χ1v) is 12.3. The average Bonchev–Trinajstić information content (AvgIpc) is 2.79. The number of thiol groups is 1. The largest absolute Gasteiger partial charge is 0.287 e. The van der Waals surface area contributed by atoms with Crippen LogP contribution in [-0.2, 0) is 10.0 Å². The van der Waals surface area contributed by atoms with Crippen LogP contribution in [0.15, 0.2) is 89.8 Å². The zero-order valence-corrected chi connectivity index (χ0v) is 20.2. The molecule has 7 nitrogen and oxygen atoms in total. The third-order valence-electron chi connectivity index (χ3n) is 4.80. The highest BCUT2D eigenvalue weighted by molar-refractivity contribution is 14.1. The van der Waals surface area contributed by atoms with Crippen LogP contribution in [0.5, 0.6) is 0 Å². The minimum atomic E-state index is -3.77. The van der Waals surface area contributed by atoms with Gasteiger partial charge in [0.1, 0.15) is 0 Å². The Morgan fingerprint density at radius 1 is 0.875 bits per heavy atom. The van der Waals surface area contributed by atoms with Crippen LogP contribution in [0.1, 0.15) is 0 Å². The summed E-state index contributed by atoms with van der Waals surface area (Å²) < 4.78 is 31.0. The third-order valence-corrected chi connectivity index (χ3v) is 7.35. The van der Waals surface area contributed by atoms with Crippen molar-refractivity contribution in [1.29, 1.82) is 0 Å². The summed E-state index contributed by atoms with van der Waals surface area (Å²) in [6.07, 6.45) is 0. The van der Waals surface area contributed by atoms with E-state index in [2.05, 4.69) is 40.1 Å². The maximum Gasteiger partial charge on any atom is 0.269 e. The van der Waals surface area contributed by atoms with Crippen molar-refractivity contribution in [1.82, 2.24) is 0 Å². The molecule has 1 N–H and O–H groups in total. The molecule has 0 fully saturated rings. The fourth-order valence-electron chi connectivity index (χ4n) is 3.23. The van der Waals surface area contributed by atoms with Crippen molar-refractivity contribution in [3.05, 3.63) is 98.6 Å². The minimum absolute atomic E-state index is 0.0132. The Balaban J connectivity index is 1.73. The number of fused-ring (bicyclic) bond motifs is 1. The van der Waals surface area contributed by atoms with E-state index in [9.17, 15) is 18.5 Å². The second kappa shape index (κ2) is 8.96. The first-order chi connectivity index (χ1) is 15.3. The predicted molar refractivity (Wildman–Crippen MR) is 138 cm³/mol. The van der Waals surface area contributed by atoms with E-state index in [1.165, 1.54) is 12.1 Å². The molecular weight excluding hydrogens is 561 g/mol. The van der Waals surface area contributed by atoms with Crippen LogP contribution < -0.4 is 9.03 Å². The van der Waals surface area contributed by atoms with Gasteiger partial charge in [0.25, 0.3) is 15.7 Å². The first kappa shape index (κ1) is 22.4. The molecule has 0 saturated carbocycles. The van der Waals surface area contributed by atoms with Crippen LogP contribution in [0.3, 0.4) is 0 Å². The normalized spacial score (nSPS) is 11.3. The Labute approximate surface area is 204 Å². The summed E-state index contributed by atoms with van der Waals surface area (Å²) >= 11 is 6.70. The first-order valence-electron chi connectivity index (χ1n) is 9.30. The molecule has 0 amide bonds. The lowest BCUT2D eigenvalue weighted by atomic mass is 10.1. The molecule has 0 radical (unpaired) electrons. The van der Waals surface area contributed by atoms with E-state index < -0.39 is 14.9 Å². The molecule has 4 rings (SSSR count). The van der Waals surface area contributed by atoms with Crippen LogP contribution in [-0.4, -0.2) is 13.3 Å². The molecule has 10 heteroatoms. The highest BCUT2D eigenvalue weighted by Gasteiger charge is 2.18. The van der Waals surface area contributed by atoms with E-state index in [1.54, 1.807) is 52.8 Å². The number of nitrogens with zero attached hydrogens (tertiary/aromatic N) is 2. The second-order valence-corrected chi connectivity index (χ2v) is 10.2. The third kappa shape index (κ3) is 4.52. The standard InChI is InChI=1S/C22H16IN3O4S2/c23-15-5-11-18(12-6-15)32(29,30)24-21-13-14-22(20-4-2-1-3-19(20)21)25(31)16-7-9-17(10-8-16)26(27)28/h1-14,24,31H. The predicted octanol–water partition coefficient (Wildman–Crippen LogP) is 6.14. The fourth-order valence-corrected chi connectivity index (χ4v) is 4.98. The summed E-state index contributed by atoms with van der Waals surface area (Å²) in [5, 5.41) is 12.4. The van der Waals surface area contributed by atoms with Gasteiger partial charge in [0.2, 0.25) is 0 Å². The van der Waals surface area contributed by atoms with Crippen LogP contribution in [0, 0.1) is 13.7 Å². The lowest BCUT2D eigenvalue weighted by molar-refractivity contribution is -0.384. The van der Waals surface area contributed by atoms with Gasteiger partial charge in [0.15, 0.2) is 0 Å². The molecule has 0 spiro atoms. The van der Waals surface area contributed by atoms with Crippen molar-refractivity contribution in [2.75, 3.05) is 9.03 Å². The Bertz CT molecular complexity index is 1410. The number of hydrogen-bond donors (Lipinski definition) is 2. The molecule has 0 aliphatic heterocycles. The topological polar surface area (TPSA) is 92.6 Å². The molecule has 0 unspecified atom stereocenters. The van der Waals surface area contributed by atoms with Crippen molar-refractivity contribution >= 4 is 79.0 Å². The number of anilines is 3. The summed E-state index contributed by atoms with van der Waals surface area (Å²) in [6.45, 7) is 0. The molecular formula is C22H16IN3O4S2. The monoisotopic (exact) mass is 577 g/mol. The molecule has 4 aromatic carbocycles. The number of nitrogens with one attached hydrogen (secondary N) is 1. The zero-order valence-electron chi connectivity index (χ0n) is 16.3. The maximum atomic E-state index is 12.9. The summed E-state index contributed by atoms with van der Waals surface area (Å²) in [4.78, 5) is 10.6. The van der Waals surface area contributed by atoms with Gasteiger partial charge >= 0.3 is 0 Å². The number of benzene rings is 4. The lowest BCUT2D eigenvalue weighted by Gasteiger charge is -2.21. The van der Waals surface area contributed by atoms with Crippen molar-refractivity contribution in [3.8, 4) is 0 Å². The van der Waals surface area contributed by atoms with Gasteiger partial charge in [-0.25, -0.2) is 8.42 Å². The summed E-state index contributed by atoms with van der Waals surface area (Å²) in [5.41, 5.74) is 1.76. The van der Waals surface area contributed by atoms with Gasteiger partial charge in [-0.1, -0.05) is 37.1 Å². The van der Waals surface area contributed by atoms with E-state index in [4.69, 9.17) is 0 Å². The zero-order chi connectivity index (χ0) is 22.9. The molecule has 32 heavy (non-hydrogen) atoms. The van der Waals surface area contributed by atoms with E-state index in [0.717, 1.165) is 8.96 Å². The SMILES string of the molecule is O=[N+]([O-])c1ccc(N(S)c2ccc(NS(=O)(=O)c3ccc(I)cc3)c3ccccc23)cc1. The van der Waals surface area contributed by atoms with E-state index in [-0.39, 0.29) is 10.6 Å². The van der Waals surface area contributed by atoms with Gasteiger partial charge in [0.05, 0.1) is 26.9 Å². The van der Waals surface area contributed by atoms with Crippen molar-refractivity contribution < 1.29 is 13.3 Å². The quantitative estimate of drug-likeness (QED) is 0.124. The smallest absolute Gasteiger partial charge is 0.269 e. The number of sulfonamides is 1. The van der Waals surface area contributed by atoms with Gasteiger partial charge in [0, 0.05) is 26.5 Å². The van der Waals surface area contributed by atoms with Crippen LogP contribution in [0.2, 0.25) is 0 Å². The Morgan fingerprint density at radius 3 is 2.12 bits per heavy atom. The number of halogens is 1. The lowest BCUT2D eigenvalue weighted by Crippen LogP contribution is -2.13. The molecule has 0 aliphatic carbocycles. The second-order valence-electron chi connectivity index (χ2n) is 6.82. The molecule has 0 atom stereocenters. The Kier molecular flexibility index (Phi) is 6.26. The molecule has 0 aliphatic rings. The van der Waals surface area contributed by atoms with Gasteiger partial charge < -0.3 is 0 Å². The van der Waals surface area contributed by atoms with E-state index >= 15 is 0 Å². The number of non-ortho nitro benzene ring substituents is 1. The highest BCUT2D eigenvalue weighted by atomic mass is 127. The Morgan fingerprint density at radius 2 is 1.50 bits per heavy atom. The molecule has 0 saturated heterocycles. The van der Waals surface area contributed by atoms with Gasteiger partial charge in [-0.2, -0.15) is 0 Å².